The molecule has 0 radical (unpaired) electrons. The molecule has 1 saturated heterocycles. The van der Waals surface area contributed by atoms with E-state index in [9.17, 15) is 9.59 Å². The summed E-state index contributed by atoms with van der Waals surface area (Å²) in [6.45, 7) is 2.70. The van der Waals surface area contributed by atoms with Crippen molar-refractivity contribution in [3.63, 3.8) is 0 Å². The fraction of sp³-hybridized carbons (Fsp3) is 0.714. The lowest BCUT2D eigenvalue weighted by molar-refractivity contribution is -0.131. The van der Waals surface area contributed by atoms with Crippen molar-refractivity contribution < 1.29 is 14.3 Å². The van der Waals surface area contributed by atoms with E-state index in [2.05, 4.69) is 5.32 Å². The Hall–Kier alpha value is -0.900. The molecule has 0 aliphatic carbocycles. The number of nitrogens with one attached hydrogen (secondary N) is 1. The molecule has 0 bridgehead atoms. The second kappa shape index (κ2) is 3.48. The molecule has 0 aromatic rings. The van der Waals surface area contributed by atoms with E-state index < -0.39 is 5.92 Å². The molecule has 62 valence electrons. The quantitative estimate of drug-likeness (QED) is 0.437. The minimum absolute atomic E-state index is 0.116. The van der Waals surface area contributed by atoms with Crippen LogP contribution < -0.4 is 5.32 Å². The molecular weight excluding hydrogens is 146 g/mol. The van der Waals surface area contributed by atoms with Gasteiger partial charge < -0.3 is 14.8 Å². The Morgan fingerprint density at radius 1 is 1.73 bits per heavy atom. The van der Waals surface area contributed by atoms with E-state index in [0.29, 0.717) is 19.5 Å². The third kappa shape index (κ3) is 2.01. The summed E-state index contributed by atoms with van der Waals surface area (Å²) >= 11 is 0. The summed E-state index contributed by atoms with van der Waals surface area (Å²) in [7, 11) is 0. The molecule has 1 aliphatic rings. The molecule has 0 saturated carbocycles. The number of rotatable bonds is 3. The smallest absolute Gasteiger partial charge is 0.230 e. The Morgan fingerprint density at radius 2 is 2.36 bits per heavy atom. The van der Waals surface area contributed by atoms with Gasteiger partial charge in [-0.1, -0.05) is 0 Å². The highest BCUT2D eigenvalue weighted by Crippen LogP contribution is 2.00. The molecular formula is C7H11NO3. The SMILES string of the molecule is C[C@H](C=O)C(=O)NC1COC1. The molecule has 1 heterocycles. The average molecular weight is 157 g/mol. The van der Waals surface area contributed by atoms with Crippen molar-refractivity contribution >= 4 is 12.2 Å². The normalized spacial score (nSPS) is 20.1. The van der Waals surface area contributed by atoms with E-state index in [4.69, 9.17) is 4.74 Å². The molecule has 1 amide bonds. The first-order valence-electron chi connectivity index (χ1n) is 3.57. The molecule has 0 aromatic carbocycles. The van der Waals surface area contributed by atoms with Crippen LogP contribution in [0.3, 0.4) is 0 Å². The molecule has 1 fully saturated rings. The van der Waals surface area contributed by atoms with Crippen LogP contribution in [0.4, 0.5) is 0 Å². The van der Waals surface area contributed by atoms with Gasteiger partial charge >= 0.3 is 0 Å². The Morgan fingerprint density at radius 3 is 2.73 bits per heavy atom. The zero-order chi connectivity index (χ0) is 8.27. The fourth-order valence-corrected chi connectivity index (χ4v) is 0.713. The second-order valence-corrected chi connectivity index (χ2v) is 2.67. The third-order valence-electron chi connectivity index (χ3n) is 1.60. The van der Waals surface area contributed by atoms with Crippen LogP contribution in [0.1, 0.15) is 6.92 Å². The summed E-state index contributed by atoms with van der Waals surface area (Å²) in [5.74, 6) is -0.760. The Labute approximate surface area is 64.9 Å². The lowest BCUT2D eigenvalue weighted by Crippen LogP contribution is -2.50. The first-order valence-corrected chi connectivity index (χ1v) is 3.57. The highest BCUT2D eigenvalue weighted by molar-refractivity contribution is 5.91. The number of hydrogen-bond donors (Lipinski definition) is 1. The van der Waals surface area contributed by atoms with Crippen LogP contribution in [0.2, 0.25) is 0 Å². The lowest BCUT2D eigenvalue weighted by atomic mass is 10.1. The van der Waals surface area contributed by atoms with Crippen molar-refractivity contribution in [2.24, 2.45) is 5.92 Å². The lowest BCUT2D eigenvalue weighted by Gasteiger charge is -2.27. The van der Waals surface area contributed by atoms with E-state index in [0.717, 1.165) is 0 Å². The first-order chi connectivity index (χ1) is 5.24. The van der Waals surface area contributed by atoms with Crippen LogP contribution in [0.15, 0.2) is 0 Å². The van der Waals surface area contributed by atoms with Gasteiger partial charge in [0.1, 0.15) is 6.29 Å². The van der Waals surface area contributed by atoms with Crippen LogP contribution in [0.25, 0.3) is 0 Å². The van der Waals surface area contributed by atoms with Gasteiger partial charge in [0.25, 0.3) is 0 Å². The summed E-state index contributed by atoms with van der Waals surface area (Å²) in [6, 6.07) is 0.116. The van der Waals surface area contributed by atoms with Gasteiger partial charge in [-0.15, -0.1) is 0 Å². The third-order valence-corrected chi connectivity index (χ3v) is 1.60. The van der Waals surface area contributed by atoms with Crippen molar-refractivity contribution in [2.45, 2.75) is 13.0 Å². The summed E-state index contributed by atoms with van der Waals surface area (Å²) < 4.78 is 4.85. The largest absolute Gasteiger partial charge is 0.377 e. The second-order valence-electron chi connectivity index (χ2n) is 2.67. The van der Waals surface area contributed by atoms with Crippen LogP contribution in [-0.4, -0.2) is 31.4 Å². The molecule has 4 heteroatoms. The van der Waals surface area contributed by atoms with Gasteiger partial charge in [0.15, 0.2) is 0 Å². The van der Waals surface area contributed by atoms with Gasteiger partial charge in [-0.05, 0) is 6.92 Å². The number of aldehydes is 1. The molecule has 1 aliphatic heterocycles. The topological polar surface area (TPSA) is 55.4 Å². The van der Waals surface area contributed by atoms with E-state index in [1.807, 2.05) is 0 Å². The Bertz CT molecular complexity index is 165. The monoisotopic (exact) mass is 157 g/mol. The number of carbonyl (C=O) groups is 2. The Kier molecular flexibility index (Phi) is 2.59. The zero-order valence-electron chi connectivity index (χ0n) is 6.37. The molecule has 4 nitrogen and oxygen atoms in total. The standard InChI is InChI=1S/C7H11NO3/c1-5(2-9)7(10)8-6-3-11-4-6/h2,5-6H,3-4H2,1H3,(H,8,10)/t5-/m1/s1. The van der Waals surface area contributed by atoms with Crippen molar-refractivity contribution in [3.8, 4) is 0 Å². The minimum atomic E-state index is -0.546. The molecule has 1 N–H and O–H groups in total. The maximum absolute atomic E-state index is 11.0. The zero-order valence-corrected chi connectivity index (χ0v) is 6.37. The van der Waals surface area contributed by atoms with E-state index in [1.165, 1.54) is 0 Å². The van der Waals surface area contributed by atoms with Crippen LogP contribution in [-0.2, 0) is 14.3 Å². The van der Waals surface area contributed by atoms with Crippen molar-refractivity contribution in [1.82, 2.24) is 5.32 Å². The predicted octanol–water partition coefficient (Wildman–Crippen LogP) is -0.664. The van der Waals surface area contributed by atoms with Crippen LogP contribution >= 0.6 is 0 Å². The van der Waals surface area contributed by atoms with Gasteiger partial charge in [0, 0.05) is 0 Å². The fourth-order valence-electron chi connectivity index (χ4n) is 0.713. The van der Waals surface area contributed by atoms with Crippen molar-refractivity contribution in [2.75, 3.05) is 13.2 Å². The van der Waals surface area contributed by atoms with Crippen LogP contribution in [0, 0.1) is 5.92 Å². The first kappa shape index (κ1) is 8.20. The molecule has 0 aromatic heterocycles. The number of ether oxygens (including phenoxy) is 1. The van der Waals surface area contributed by atoms with Gasteiger partial charge in [-0.25, -0.2) is 0 Å². The van der Waals surface area contributed by atoms with Gasteiger partial charge in [0.05, 0.1) is 25.2 Å². The summed E-state index contributed by atoms with van der Waals surface area (Å²) in [5, 5.41) is 2.67. The molecule has 1 atom stereocenters. The van der Waals surface area contributed by atoms with Gasteiger partial charge in [-0.2, -0.15) is 0 Å². The molecule has 0 unspecified atom stereocenters. The molecule has 1 rings (SSSR count). The summed E-state index contributed by atoms with van der Waals surface area (Å²) in [5.41, 5.74) is 0. The van der Waals surface area contributed by atoms with Crippen molar-refractivity contribution in [3.05, 3.63) is 0 Å². The van der Waals surface area contributed by atoms with Gasteiger partial charge in [0.2, 0.25) is 5.91 Å². The molecule has 11 heavy (non-hydrogen) atoms. The predicted molar refractivity (Wildman–Crippen MR) is 38.0 cm³/mol. The number of amides is 1. The van der Waals surface area contributed by atoms with Crippen LogP contribution in [0.5, 0.6) is 0 Å². The Balaban J connectivity index is 2.24. The molecule has 0 spiro atoms. The maximum atomic E-state index is 11.0. The number of hydrogen-bond acceptors (Lipinski definition) is 3. The van der Waals surface area contributed by atoms with Crippen molar-refractivity contribution in [1.29, 1.82) is 0 Å². The summed E-state index contributed by atoms with van der Waals surface area (Å²) in [4.78, 5) is 21.1. The minimum Gasteiger partial charge on any atom is -0.377 e. The van der Waals surface area contributed by atoms with E-state index >= 15 is 0 Å². The average Bonchev–Trinajstić information content (AvgIpc) is 1.94. The maximum Gasteiger partial charge on any atom is 0.230 e. The van der Waals surface area contributed by atoms with E-state index in [1.54, 1.807) is 6.92 Å². The highest BCUT2D eigenvalue weighted by atomic mass is 16.5. The van der Waals surface area contributed by atoms with E-state index in [-0.39, 0.29) is 11.9 Å². The number of carbonyl (C=O) groups excluding carboxylic acids is 2. The highest BCUT2D eigenvalue weighted by Gasteiger charge is 2.22. The summed E-state index contributed by atoms with van der Waals surface area (Å²) in [6.07, 6.45) is 0.634. The van der Waals surface area contributed by atoms with Gasteiger partial charge in [-0.3, -0.25) is 4.79 Å².